The van der Waals surface area contributed by atoms with Crippen molar-refractivity contribution in [3.63, 3.8) is 0 Å². The molecule has 0 aliphatic rings. The Morgan fingerprint density at radius 3 is 2.73 bits per heavy atom. The summed E-state index contributed by atoms with van der Waals surface area (Å²) < 4.78 is 26.9. The third kappa shape index (κ3) is 5.94. The van der Waals surface area contributed by atoms with Gasteiger partial charge >= 0.3 is 5.97 Å². The number of ether oxygens (including phenoxy) is 1. The molecule has 0 saturated carbocycles. The smallest absolute Gasteiger partial charge is 0.342 e. The van der Waals surface area contributed by atoms with E-state index < -0.39 is 5.97 Å². The number of halogens is 3. The van der Waals surface area contributed by atoms with Gasteiger partial charge in [0.05, 0.1) is 3.57 Å². The molecule has 0 fully saturated rings. The summed E-state index contributed by atoms with van der Waals surface area (Å²) >= 11 is 5.12. The summed E-state index contributed by atoms with van der Waals surface area (Å²) in [5, 5.41) is 17.5. The molecular weight excluding hydrogens is 637 g/mol. The molecule has 2 aromatic carbocycles. The number of hydrogen-bond donors (Lipinski definition) is 1. The second kappa shape index (κ2) is 10.6. The molecule has 1 heterocycles. The summed E-state index contributed by atoms with van der Waals surface area (Å²) in [5.74, 6) is -0.594. The summed E-state index contributed by atoms with van der Waals surface area (Å²) in [6.07, 6.45) is 2.05. The van der Waals surface area contributed by atoms with E-state index in [1.54, 1.807) is 24.3 Å². The van der Waals surface area contributed by atoms with Gasteiger partial charge in [-0.15, -0.1) is 10.2 Å². The Morgan fingerprint density at radius 2 is 2.07 bits per heavy atom. The number of carbonyl (C=O) groups is 1. The standard InChI is InChI=1S/C20H15FI2N2O4S/c1-2-17-24-25-20(29-17)30-16(19(26)27)8-12-7-13(22)9-15(23)18(12)28-10-11-5-3-4-6-14(11)21/h3-9H,2,10H2,1H3,(H,26,27)/b16-8-. The van der Waals surface area contributed by atoms with Crippen LogP contribution in [-0.4, -0.2) is 21.3 Å². The van der Waals surface area contributed by atoms with Gasteiger partial charge in [0.25, 0.3) is 5.22 Å². The Labute approximate surface area is 203 Å². The summed E-state index contributed by atoms with van der Waals surface area (Å²) in [7, 11) is 0. The molecule has 10 heteroatoms. The normalized spacial score (nSPS) is 11.5. The van der Waals surface area contributed by atoms with Crippen molar-refractivity contribution in [3.8, 4) is 5.75 Å². The molecule has 1 N–H and O–H groups in total. The van der Waals surface area contributed by atoms with E-state index in [1.165, 1.54) is 12.1 Å². The van der Waals surface area contributed by atoms with E-state index in [0.29, 0.717) is 29.2 Å². The Balaban J connectivity index is 1.93. The van der Waals surface area contributed by atoms with Crippen LogP contribution in [0.4, 0.5) is 4.39 Å². The first-order valence-electron chi connectivity index (χ1n) is 8.67. The van der Waals surface area contributed by atoms with Crippen molar-refractivity contribution >= 4 is 69.0 Å². The molecule has 1 aromatic heterocycles. The summed E-state index contributed by atoms with van der Waals surface area (Å²) in [6.45, 7) is 1.88. The fourth-order valence-electron chi connectivity index (χ4n) is 2.40. The minimum Gasteiger partial charge on any atom is -0.487 e. The summed E-state index contributed by atoms with van der Waals surface area (Å²) in [4.78, 5) is 11.8. The number of nitrogens with zero attached hydrogens (tertiary/aromatic N) is 2. The van der Waals surface area contributed by atoms with Gasteiger partial charge in [0.15, 0.2) is 0 Å². The first-order chi connectivity index (χ1) is 14.4. The van der Waals surface area contributed by atoms with Crippen LogP contribution in [0.1, 0.15) is 23.9 Å². The number of thioether (sulfide) groups is 1. The summed E-state index contributed by atoms with van der Waals surface area (Å²) in [6, 6.07) is 10.0. The molecule has 0 spiro atoms. The van der Waals surface area contributed by atoms with Crippen LogP contribution in [0.2, 0.25) is 0 Å². The number of aliphatic carboxylic acids is 1. The monoisotopic (exact) mass is 652 g/mol. The highest BCUT2D eigenvalue weighted by molar-refractivity contribution is 14.1. The first-order valence-corrected chi connectivity index (χ1v) is 11.6. The Bertz CT molecular complexity index is 1100. The molecule has 0 atom stereocenters. The number of carboxylic acids is 1. The average Bonchev–Trinajstić information content (AvgIpc) is 3.15. The fraction of sp³-hybridized carbons (Fsp3) is 0.150. The number of carboxylic acid groups (broad SMARTS) is 1. The van der Waals surface area contributed by atoms with E-state index in [-0.39, 0.29) is 22.6 Å². The highest BCUT2D eigenvalue weighted by Crippen LogP contribution is 2.34. The Hall–Kier alpha value is -1.67. The van der Waals surface area contributed by atoms with Crippen molar-refractivity contribution in [2.75, 3.05) is 0 Å². The molecule has 0 saturated heterocycles. The molecule has 3 aromatic rings. The lowest BCUT2D eigenvalue weighted by molar-refractivity contribution is -0.131. The third-order valence-corrected chi connectivity index (χ3v) is 6.09. The van der Waals surface area contributed by atoms with Crippen LogP contribution in [0.25, 0.3) is 6.08 Å². The quantitative estimate of drug-likeness (QED) is 0.188. The van der Waals surface area contributed by atoms with E-state index in [0.717, 1.165) is 18.9 Å². The average molecular weight is 652 g/mol. The van der Waals surface area contributed by atoms with E-state index in [9.17, 15) is 14.3 Å². The van der Waals surface area contributed by atoms with Gasteiger partial charge < -0.3 is 14.3 Å². The molecule has 0 aliphatic carbocycles. The van der Waals surface area contributed by atoms with E-state index >= 15 is 0 Å². The number of rotatable bonds is 8. The largest absolute Gasteiger partial charge is 0.487 e. The van der Waals surface area contributed by atoms with E-state index in [1.807, 2.05) is 13.0 Å². The maximum Gasteiger partial charge on any atom is 0.342 e. The molecule has 0 amide bonds. The number of benzene rings is 2. The van der Waals surface area contributed by atoms with Crippen molar-refractivity contribution in [1.29, 1.82) is 0 Å². The van der Waals surface area contributed by atoms with Crippen LogP contribution in [0.5, 0.6) is 5.75 Å². The van der Waals surface area contributed by atoms with Crippen molar-refractivity contribution in [2.45, 2.75) is 25.2 Å². The van der Waals surface area contributed by atoms with Crippen molar-refractivity contribution in [2.24, 2.45) is 0 Å². The van der Waals surface area contributed by atoms with Gasteiger partial charge in [-0.2, -0.15) is 0 Å². The van der Waals surface area contributed by atoms with Crippen LogP contribution in [0, 0.1) is 13.0 Å². The number of hydrogen-bond acceptors (Lipinski definition) is 6. The molecular formula is C20H15FI2N2O4S. The van der Waals surface area contributed by atoms with Crippen molar-refractivity contribution < 1.29 is 23.4 Å². The molecule has 3 rings (SSSR count). The molecule has 0 radical (unpaired) electrons. The second-order valence-electron chi connectivity index (χ2n) is 5.92. The molecule has 6 nitrogen and oxygen atoms in total. The predicted octanol–water partition coefficient (Wildman–Crippen LogP) is 5.78. The maximum absolute atomic E-state index is 13.9. The van der Waals surface area contributed by atoms with Crippen molar-refractivity contribution in [1.82, 2.24) is 10.2 Å². The Morgan fingerprint density at radius 1 is 1.30 bits per heavy atom. The van der Waals surface area contributed by atoms with E-state index in [4.69, 9.17) is 9.15 Å². The van der Waals surface area contributed by atoms with Gasteiger partial charge in [0.2, 0.25) is 5.89 Å². The third-order valence-electron chi connectivity index (χ3n) is 3.81. The minimum absolute atomic E-state index is 0.00477. The fourth-order valence-corrected chi connectivity index (χ4v) is 5.12. The van der Waals surface area contributed by atoms with Crippen LogP contribution < -0.4 is 4.74 Å². The molecule has 0 aliphatic heterocycles. The lowest BCUT2D eigenvalue weighted by Gasteiger charge is -2.13. The van der Waals surface area contributed by atoms with E-state index in [2.05, 4.69) is 55.4 Å². The highest BCUT2D eigenvalue weighted by atomic mass is 127. The molecule has 0 bridgehead atoms. The zero-order chi connectivity index (χ0) is 21.7. The van der Waals surface area contributed by atoms with Gasteiger partial charge in [0.1, 0.15) is 23.1 Å². The van der Waals surface area contributed by atoms with Gasteiger partial charge in [-0.05, 0) is 81.2 Å². The summed E-state index contributed by atoms with van der Waals surface area (Å²) in [5.41, 5.74) is 0.968. The van der Waals surface area contributed by atoms with Crippen LogP contribution >= 0.6 is 56.9 Å². The first kappa shape index (κ1) is 23.0. The minimum atomic E-state index is -1.13. The lowest BCUT2D eigenvalue weighted by atomic mass is 10.2. The second-order valence-corrected chi connectivity index (χ2v) is 9.32. The van der Waals surface area contributed by atoms with Gasteiger partial charge in [-0.3, -0.25) is 0 Å². The topological polar surface area (TPSA) is 85.5 Å². The van der Waals surface area contributed by atoms with Crippen LogP contribution in [-0.2, 0) is 17.8 Å². The van der Waals surface area contributed by atoms with Crippen molar-refractivity contribution in [3.05, 3.63) is 71.3 Å². The SMILES string of the molecule is CCc1nnc(S/C(=C\c2cc(I)cc(I)c2OCc2ccccc2F)C(=O)O)o1. The maximum atomic E-state index is 13.9. The van der Waals surface area contributed by atoms with Gasteiger partial charge in [-0.25, -0.2) is 9.18 Å². The number of aromatic nitrogens is 2. The van der Waals surface area contributed by atoms with Crippen LogP contribution in [0.3, 0.4) is 0 Å². The Kier molecular flexibility index (Phi) is 8.11. The van der Waals surface area contributed by atoms with Gasteiger partial charge in [-0.1, -0.05) is 25.1 Å². The molecule has 0 unspecified atom stereocenters. The zero-order valence-corrected chi connectivity index (χ0v) is 20.7. The predicted molar refractivity (Wildman–Crippen MR) is 128 cm³/mol. The molecule has 30 heavy (non-hydrogen) atoms. The number of aryl methyl sites for hydroxylation is 1. The van der Waals surface area contributed by atoms with Gasteiger partial charge in [0, 0.05) is 21.1 Å². The molecule has 156 valence electrons. The lowest BCUT2D eigenvalue weighted by Crippen LogP contribution is -2.03. The zero-order valence-electron chi connectivity index (χ0n) is 15.6. The van der Waals surface area contributed by atoms with Crippen LogP contribution in [0.15, 0.2) is 50.9 Å². The highest BCUT2D eigenvalue weighted by Gasteiger charge is 2.18.